The predicted molar refractivity (Wildman–Crippen MR) is 88.8 cm³/mol. The van der Waals surface area contributed by atoms with Crippen molar-refractivity contribution in [3.8, 4) is 0 Å². The van der Waals surface area contributed by atoms with Gasteiger partial charge in [-0.15, -0.1) is 0 Å². The number of ether oxygens (including phenoxy) is 1. The highest BCUT2D eigenvalue weighted by atomic mass is 16.5. The van der Waals surface area contributed by atoms with Crippen LogP contribution < -0.4 is 5.56 Å². The van der Waals surface area contributed by atoms with Gasteiger partial charge in [0.1, 0.15) is 0 Å². The zero-order chi connectivity index (χ0) is 16.4. The molecule has 118 valence electrons. The summed E-state index contributed by atoms with van der Waals surface area (Å²) in [4.78, 5) is 27.2. The van der Waals surface area contributed by atoms with E-state index in [0.29, 0.717) is 17.5 Å². The standard InChI is InChI=1S/C18H18N2O3/c1-3-23-18(22)15-12(2)20(11-13-7-5-4-6-8-13)14-9-10-19-17(21)16(14)15/h4-10H,3,11H2,1-2H3,(H,19,21). The van der Waals surface area contributed by atoms with E-state index >= 15 is 0 Å². The number of aromatic amines is 1. The summed E-state index contributed by atoms with van der Waals surface area (Å²) < 4.78 is 7.11. The fraction of sp³-hybridized carbons (Fsp3) is 0.222. The number of H-pyrrole nitrogens is 1. The lowest BCUT2D eigenvalue weighted by molar-refractivity contribution is 0.0527. The Morgan fingerprint density at radius 2 is 1.96 bits per heavy atom. The lowest BCUT2D eigenvalue weighted by Crippen LogP contribution is -2.11. The summed E-state index contributed by atoms with van der Waals surface area (Å²) in [6, 6.07) is 11.7. The highest BCUT2D eigenvalue weighted by Gasteiger charge is 2.23. The molecule has 1 N–H and O–H groups in total. The number of carbonyl (C=O) groups is 1. The summed E-state index contributed by atoms with van der Waals surface area (Å²) >= 11 is 0. The highest BCUT2D eigenvalue weighted by molar-refractivity contribution is 6.05. The number of carbonyl (C=O) groups excluding carboxylic acids is 1. The van der Waals surface area contributed by atoms with E-state index in [1.54, 1.807) is 13.1 Å². The van der Waals surface area contributed by atoms with Crippen molar-refractivity contribution in [3.05, 3.63) is 69.8 Å². The normalized spacial score (nSPS) is 10.9. The lowest BCUT2D eigenvalue weighted by atomic mass is 10.2. The maximum Gasteiger partial charge on any atom is 0.340 e. The Bertz CT molecular complexity index is 907. The molecule has 0 amide bonds. The molecule has 0 unspecified atom stereocenters. The fourth-order valence-corrected chi connectivity index (χ4v) is 2.85. The molecular weight excluding hydrogens is 292 g/mol. The Hall–Kier alpha value is -2.82. The Labute approximate surface area is 133 Å². The van der Waals surface area contributed by atoms with Crippen molar-refractivity contribution >= 4 is 16.9 Å². The number of nitrogens with zero attached hydrogens (tertiary/aromatic N) is 1. The molecule has 1 aromatic carbocycles. The van der Waals surface area contributed by atoms with E-state index in [9.17, 15) is 9.59 Å². The van der Waals surface area contributed by atoms with Crippen LogP contribution in [-0.2, 0) is 11.3 Å². The molecule has 0 aliphatic rings. The summed E-state index contributed by atoms with van der Waals surface area (Å²) in [6.45, 7) is 4.45. The van der Waals surface area contributed by atoms with E-state index in [1.165, 1.54) is 0 Å². The van der Waals surface area contributed by atoms with E-state index in [-0.39, 0.29) is 12.2 Å². The molecule has 5 heteroatoms. The SMILES string of the molecule is CCOC(=O)c1c(C)n(Cc2ccccc2)c2cc[nH]c(=O)c12. The quantitative estimate of drug-likeness (QED) is 0.754. The first-order chi connectivity index (χ1) is 11.1. The van der Waals surface area contributed by atoms with Crippen LogP contribution in [0, 0.1) is 6.92 Å². The van der Waals surface area contributed by atoms with Crippen molar-refractivity contribution < 1.29 is 9.53 Å². The van der Waals surface area contributed by atoms with E-state index in [0.717, 1.165) is 16.8 Å². The molecule has 0 aliphatic carbocycles. The minimum absolute atomic E-state index is 0.272. The van der Waals surface area contributed by atoms with E-state index in [4.69, 9.17) is 4.74 Å². The molecule has 0 bridgehead atoms. The second kappa shape index (κ2) is 6.12. The molecule has 0 aliphatic heterocycles. The number of hydrogen-bond donors (Lipinski definition) is 1. The van der Waals surface area contributed by atoms with Crippen molar-refractivity contribution in [2.75, 3.05) is 6.61 Å². The smallest absolute Gasteiger partial charge is 0.340 e. The molecule has 3 rings (SSSR count). The molecule has 0 saturated heterocycles. The Kier molecular flexibility index (Phi) is 4.02. The van der Waals surface area contributed by atoms with E-state index in [1.807, 2.05) is 47.9 Å². The summed E-state index contributed by atoms with van der Waals surface area (Å²) in [6.07, 6.45) is 1.60. The molecule has 2 aromatic heterocycles. The van der Waals surface area contributed by atoms with E-state index in [2.05, 4.69) is 4.98 Å². The topological polar surface area (TPSA) is 64.1 Å². The third-order valence-corrected chi connectivity index (χ3v) is 3.91. The monoisotopic (exact) mass is 310 g/mol. The minimum Gasteiger partial charge on any atom is -0.462 e. The van der Waals surface area contributed by atoms with Crippen molar-refractivity contribution in [3.63, 3.8) is 0 Å². The van der Waals surface area contributed by atoms with Crippen LogP contribution in [-0.4, -0.2) is 22.1 Å². The average molecular weight is 310 g/mol. The van der Waals surface area contributed by atoms with Gasteiger partial charge < -0.3 is 14.3 Å². The third kappa shape index (κ3) is 2.65. The number of esters is 1. The molecule has 0 fully saturated rings. The average Bonchev–Trinajstić information content (AvgIpc) is 2.83. The molecule has 3 aromatic rings. The maximum absolute atomic E-state index is 12.3. The van der Waals surface area contributed by atoms with Crippen molar-refractivity contribution in [2.24, 2.45) is 0 Å². The van der Waals surface area contributed by atoms with Crippen LogP contribution in [0.25, 0.3) is 10.9 Å². The van der Waals surface area contributed by atoms with Crippen molar-refractivity contribution in [1.29, 1.82) is 0 Å². The molecule has 5 nitrogen and oxygen atoms in total. The van der Waals surface area contributed by atoms with Gasteiger partial charge in [-0.3, -0.25) is 4.79 Å². The van der Waals surface area contributed by atoms with Gasteiger partial charge in [0.25, 0.3) is 5.56 Å². The van der Waals surface area contributed by atoms with Gasteiger partial charge in [-0.2, -0.15) is 0 Å². The maximum atomic E-state index is 12.3. The summed E-state index contributed by atoms with van der Waals surface area (Å²) in [5.41, 5.74) is 2.64. The van der Waals surface area contributed by atoms with E-state index < -0.39 is 5.97 Å². The third-order valence-electron chi connectivity index (χ3n) is 3.91. The summed E-state index contributed by atoms with van der Waals surface area (Å²) in [5, 5.41) is 0.388. The minimum atomic E-state index is -0.460. The van der Waals surface area contributed by atoms with Crippen molar-refractivity contribution in [2.45, 2.75) is 20.4 Å². The predicted octanol–water partition coefficient (Wildman–Crippen LogP) is 2.86. The Morgan fingerprint density at radius 3 is 2.65 bits per heavy atom. The Morgan fingerprint density at radius 1 is 1.22 bits per heavy atom. The van der Waals surface area contributed by atoms with Gasteiger partial charge in [0.2, 0.25) is 0 Å². The van der Waals surface area contributed by atoms with Gasteiger partial charge in [0.05, 0.1) is 23.1 Å². The second-order valence-electron chi connectivity index (χ2n) is 5.32. The number of fused-ring (bicyclic) bond motifs is 1. The van der Waals surface area contributed by atoms with Gasteiger partial charge in [0.15, 0.2) is 0 Å². The summed E-state index contributed by atoms with van der Waals surface area (Å²) in [5.74, 6) is -0.460. The Balaban J connectivity index is 2.22. The number of nitrogens with one attached hydrogen (secondary N) is 1. The van der Waals surface area contributed by atoms with Crippen LogP contribution in [0.3, 0.4) is 0 Å². The highest BCUT2D eigenvalue weighted by Crippen LogP contribution is 2.24. The van der Waals surface area contributed by atoms with Crippen LogP contribution in [0.2, 0.25) is 0 Å². The number of pyridine rings is 1. The molecule has 0 spiro atoms. The second-order valence-corrected chi connectivity index (χ2v) is 5.32. The van der Waals surface area contributed by atoms with Gasteiger partial charge in [-0.05, 0) is 25.5 Å². The summed E-state index contributed by atoms with van der Waals surface area (Å²) in [7, 11) is 0. The van der Waals surface area contributed by atoms with Gasteiger partial charge in [-0.25, -0.2) is 4.79 Å². The first-order valence-corrected chi connectivity index (χ1v) is 7.55. The molecule has 0 atom stereocenters. The fourth-order valence-electron chi connectivity index (χ4n) is 2.85. The molecule has 0 radical (unpaired) electrons. The largest absolute Gasteiger partial charge is 0.462 e. The van der Waals surface area contributed by atoms with Crippen LogP contribution in [0.1, 0.15) is 28.5 Å². The first kappa shape index (κ1) is 15.1. The van der Waals surface area contributed by atoms with Crippen LogP contribution >= 0.6 is 0 Å². The first-order valence-electron chi connectivity index (χ1n) is 7.55. The molecular formula is C18H18N2O3. The van der Waals surface area contributed by atoms with Crippen LogP contribution in [0.4, 0.5) is 0 Å². The van der Waals surface area contributed by atoms with Gasteiger partial charge in [0, 0.05) is 18.4 Å². The zero-order valence-corrected chi connectivity index (χ0v) is 13.1. The van der Waals surface area contributed by atoms with Gasteiger partial charge in [-0.1, -0.05) is 30.3 Å². The van der Waals surface area contributed by atoms with Crippen LogP contribution in [0.15, 0.2) is 47.4 Å². The lowest BCUT2D eigenvalue weighted by Gasteiger charge is -2.08. The zero-order valence-electron chi connectivity index (χ0n) is 13.1. The number of aromatic nitrogens is 2. The number of hydrogen-bond acceptors (Lipinski definition) is 3. The molecule has 23 heavy (non-hydrogen) atoms. The number of benzene rings is 1. The van der Waals surface area contributed by atoms with Crippen molar-refractivity contribution in [1.82, 2.24) is 9.55 Å². The van der Waals surface area contributed by atoms with Crippen LogP contribution in [0.5, 0.6) is 0 Å². The number of rotatable bonds is 4. The molecule has 0 saturated carbocycles. The van der Waals surface area contributed by atoms with Gasteiger partial charge >= 0.3 is 5.97 Å². The molecule has 2 heterocycles.